The highest BCUT2D eigenvalue weighted by molar-refractivity contribution is 7.71. The van der Waals surface area contributed by atoms with Gasteiger partial charge in [-0.05, 0) is 37.2 Å². The van der Waals surface area contributed by atoms with Crippen molar-refractivity contribution >= 4 is 18.1 Å². The Kier molecular flexibility index (Phi) is 9.20. The molecule has 1 aromatic heterocycles. The molecule has 3 rings (SSSR count). The molecule has 0 unspecified atom stereocenters. The molecule has 10 nitrogen and oxygen atoms in total. The number of ether oxygens (including phenoxy) is 2. The van der Waals surface area contributed by atoms with Crippen LogP contribution in [0.1, 0.15) is 50.7 Å². The molecule has 188 valence electrons. The maximum absolute atomic E-state index is 11.8. The van der Waals surface area contributed by atoms with E-state index in [0.717, 1.165) is 30.6 Å². The molecular formula is C23H34N4O6S. The fraction of sp³-hybridized carbons (Fsp3) is 0.609. The molecule has 34 heavy (non-hydrogen) atoms. The molecule has 0 saturated carbocycles. The minimum Gasteiger partial charge on any atom is -0.485 e. The van der Waals surface area contributed by atoms with Crippen molar-refractivity contribution in [2.75, 3.05) is 6.61 Å². The normalized spacial score (nSPS) is 24.7. The lowest BCUT2D eigenvalue weighted by Crippen LogP contribution is -2.62. The van der Waals surface area contributed by atoms with Crippen molar-refractivity contribution < 1.29 is 29.6 Å². The number of aliphatic hydroxyl groups is 3. The molecule has 1 amide bonds. The third-order valence-electron chi connectivity index (χ3n) is 5.91. The highest BCUT2D eigenvalue weighted by atomic mass is 32.1. The first-order valence-corrected chi connectivity index (χ1v) is 12.0. The van der Waals surface area contributed by atoms with E-state index in [9.17, 15) is 20.1 Å². The van der Waals surface area contributed by atoms with Crippen LogP contribution in [0.3, 0.4) is 0 Å². The Hall–Kier alpha value is -2.31. The van der Waals surface area contributed by atoms with Crippen molar-refractivity contribution in [1.82, 2.24) is 19.7 Å². The zero-order valence-electron chi connectivity index (χ0n) is 19.8. The number of amides is 1. The number of carbonyl (C=O) groups is 1. The van der Waals surface area contributed by atoms with Crippen LogP contribution in [-0.2, 0) is 22.7 Å². The summed E-state index contributed by atoms with van der Waals surface area (Å²) in [4.78, 5) is 11.8. The number of rotatable bonds is 10. The Morgan fingerprint density at radius 3 is 2.65 bits per heavy atom. The minimum atomic E-state index is -1.39. The van der Waals surface area contributed by atoms with E-state index in [1.165, 1.54) is 11.6 Å². The number of para-hydroxylation sites is 1. The average molecular weight is 495 g/mol. The number of aromatic nitrogens is 3. The van der Waals surface area contributed by atoms with E-state index in [1.807, 2.05) is 35.8 Å². The molecule has 5 atom stereocenters. The van der Waals surface area contributed by atoms with Crippen LogP contribution in [0.15, 0.2) is 24.3 Å². The van der Waals surface area contributed by atoms with E-state index in [1.54, 1.807) is 0 Å². The Morgan fingerprint density at radius 1 is 1.26 bits per heavy atom. The largest absolute Gasteiger partial charge is 0.485 e. The van der Waals surface area contributed by atoms with Crippen LogP contribution in [-0.4, -0.2) is 66.5 Å². The van der Waals surface area contributed by atoms with Gasteiger partial charge in [0.25, 0.3) is 0 Å². The summed E-state index contributed by atoms with van der Waals surface area (Å²) in [6, 6.07) is 6.64. The van der Waals surface area contributed by atoms with Crippen LogP contribution >= 0.6 is 12.2 Å². The number of nitrogens with zero attached hydrogens (tertiary/aromatic N) is 3. The Morgan fingerprint density at radius 2 is 2.00 bits per heavy atom. The predicted octanol–water partition coefficient (Wildman–Crippen LogP) is 1.61. The average Bonchev–Trinajstić information content (AvgIpc) is 3.12. The lowest BCUT2D eigenvalue weighted by molar-refractivity contribution is -0.219. The molecule has 0 radical (unpaired) electrons. The molecule has 1 saturated heterocycles. The van der Waals surface area contributed by atoms with Gasteiger partial charge in [0.15, 0.2) is 16.8 Å². The van der Waals surface area contributed by atoms with E-state index in [-0.39, 0.29) is 6.61 Å². The van der Waals surface area contributed by atoms with Gasteiger partial charge in [0, 0.05) is 13.5 Å². The number of aliphatic hydroxyl groups excluding tert-OH is 3. The van der Waals surface area contributed by atoms with Crippen LogP contribution in [0.25, 0.3) is 0 Å². The summed E-state index contributed by atoms with van der Waals surface area (Å²) < 4.78 is 15.5. The second-order valence-electron chi connectivity index (χ2n) is 8.51. The number of carbonyl (C=O) groups excluding carboxylic acids is 1. The zero-order chi connectivity index (χ0) is 24.8. The van der Waals surface area contributed by atoms with Gasteiger partial charge in [-0.3, -0.25) is 4.79 Å². The summed E-state index contributed by atoms with van der Waals surface area (Å²) in [6.07, 6.45) is -1.94. The number of nitrogens with one attached hydrogen (secondary N) is 1. The second-order valence-corrected chi connectivity index (χ2v) is 8.88. The molecule has 11 heteroatoms. The first-order chi connectivity index (χ1) is 16.3. The number of hydrogen-bond donors (Lipinski definition) is 4. The molecule has 0 aliphatic carbocycles. The van der Waals surface area contributed by atoms with Gasteiger partial charge in [0.2, 0.25) is 5.91 Å². The molecule has 1 aromatic carbocycles. The van der Waals surface area contributed by atoms with Gasteiger partial charge in [-0.15, -0.1) is 0 Å². The van der Waals surface area contributed by atoms with Crippen molar-refractivity contribution in [3.05, 3.63) is 40.4 Å². The Bertz CT molecular complexity index is 1030. The predicted molar refractivity (Wildman–Crippen MR) is 127 cm³/mol. The molecule has 1 aliphatic heterocycles. The highest BCUT2D eigenvalue weighted by Gasteiger charge is 2.46. The molecular weight excluding hydrogens is 460 g/mol. The summed E-state index contributed by atoms with van der Waals surface area (Å²) in [7, 11) is 0. The first-order valence-electron chi connectivity index (χ1n) is 11.5. The van der Waals surface area contributed by atoms with Gasteiger partial charge < -0.3 is 34.7 Å². The Balaban J connectivity index is 1.97. The van der Waals surface area contributed by atoms with Crippen molar-refractivity contribution in [1.29, 1.82) is 0 Å². The smallest absolute Gasteiger partial charge is 0.217 e. The number of unbranched alkanes of at least 4 members (excludes halogenated alkanes) is 2. The second kappa shape index (κ2) is 11.9. The molecule has 0 spiro atoms. The maximum Gasteiger partial charge on any atom is 0.217 e. The molecule has 1 fully saturated rings. The van der Waals surface area contributed by atoms with Crippen molar-refractivity contribution in [3.8, 4) is 5.75 Å². The number of benzene rings is 1. The molecule has 0 bridgehead atoms. The summed E-state index contributed by atoms with van der Waals surface area (Å²) in [5.74, 6) is 0.881. The van der Waals surface area contributed by atoms with E-state index in [4.69, 9.17) is 21.7 Å². The van der Waals surface area contributed by atoms with E-state index < -0.39 is 43.1 Å². The van der Waals surface area contributed by atoms with Gasteiger partial charge in [0.05, 0.1) is 6.61 Å². The number of hydrogen-bond acceptors (Lipinski definition) is 8. The summed E-state index contributed by atoms with van der Waals surface area (Å²) in [5, 5.41) is 37.9. The minimum absolute atomic E-state index is 0.153. The van der Waals surface area contributed by atoms with Gasteiger partial charge in [0.1, 0.15) is 36.7 Å². The highest BCUT2D eigenvalue weighted by Crippen LogP contribution is 2.29. The van der Waals surface area contributed by atoms with E-state index >= 15 is 0 Å². The van der Waals surface area contributed by atoms with Crippen LogP contribution in [0.2, 0.25) is 0 Å². The van der Waals surface area contributed by atoms with Crippen LogP contribution in [0.5, 0.6) is 5.75 Å². The molecule has 4 N–H and O–H groups in total. The van der Waals surface area contributed by atoms with Crippen LogP contribution < -0.4 is 10.1 Å². The van der Waals surface area contributed by atoms with Gasteiger partial charge in [-0.1, -0.05) is 38.0 Å². The Labute approximate surface area is 204 Å². The molecule has 2 aromatic rings. The third kappa shape index (κ3) is 5.84. The number of aryl methyl sites for hydroxylation is 1. The van der Waals surface area contributed by atoms with E-state index in [2.05, 4.69) is 17.3 Å². The van der Waals surface area contributed by atoms with Gasteiger partial charge in [-0.2, -0.15) is 5.10 Å². The fourth-order valence-electron chi connectivity index (χ4n) is 4.03. The quantitative estimate of drug-likeness (QED) is 0.289. The molecule has 1 aliphatic rings. The first kappa shape index (κ1) is 26.3. The van der Waals surface area contributed by atoms with Crippen molar-refractivity contribution in [2.24, 2.45) is 0 Å². The monoisotopic (exact) mass is 494 g/mol. The van der Waals surface area contributed by atoms with Gasteiger partial charge in [-0.25, -0.2) is 4.68 Å². The third-order valence-corrected chi connectivity index (χ3v) is 6.32. The lowest BCUT2D eigenvalue weighted by Gasteiger charge is -2.42. The van der Waals surface area contributed by atoms with Crippen LogP contribution in [0.4, 0.5) is 0 Å². The van der Waals surface area contributed by atoms with E-state index in [0.29, 0.717) is 17.1 Å². The van der Waals surface area contributed by atoms with Crippen molar-refractivity contribution in [3.63, 3.8) is 0 Å². The zero-order valence-corrected chi connectivity index (χ0v) is 20.6. The fourth-order valence-corrected chi connectivity index (χ4v) is 4.37. The summed E-state index contributed by atoms with van der Waals surface area (Å²) >= 11 is 5.72. The summed E-state index contributed by atoms with van der Waals surface area (Å²) in [5.41, 5.74) is 0.988. The van der Waals surface area contributed by atoms with Gasteiger partial charge >= 0.3 is 0 Å². The SMILES string of the molecule is CCCCCn1c(COc2ccccc2C)nn([C@@H]2O[C@H](CO)[C@@H](O)[C@H](O)[C@H]2NC(C)=O)c1=S. The topological polar surface area (TPSA) is 131 Å². The van der Waals surface area contributed by atoms with Crippen molar-refractivity contribution in [2.45, 2.75) is 83.8 Å². The standard InChI is InChI=1S/C23H34N4O6S/c1-4-5-8-11-26-18(13-32-16-10-7-6-9-14(16)2)25-27(23(26)34)22-19(24-15(3)29)21(31)20(30)17(12-28)33-22/h6-7,9-10,17,19-22,28,30-31H,4-5,8,11-13H2,1-3H3,(H,24,29)/t17-,19-,20-,21-,22-/m1/s1. The summed E-state index contributed by atoms with van der Waals surface area (Å²) in [6.45, 7) is 5.62. The maximum atomic E-state index is 11.8. The van der Waals surface area contributed by atoms with Crippen LogP contribution in [0, 0.1) is 11.7 Å². The lowest BCUT2D eigenvalue weighted by atomic mass is 9.96. The molecule has 2 heterocycles.